The lowest BCUT2D eigenvalue weighted by atomic mass is 10.3. The molecule has 1 aliphatic rings. The molecule has 1 aromatic heterocycles. The standard InChI is InChI=1S/C19H18N4O2/c24-19(18-14-23(21-20-18)15-7-3-1-4-8-15)22-12-11-17(13-22)25-16-9-5-2-6-10-16/h1-10,14,17H,11-13H2. The second kappa shape index (κ2) is 6.76. The molecule has 6 nitrogen and oxygen atoms in total. The van der Waals surface area contributed by atoms with Gasteiger partial charge in [0.15, 0.2) is 5.69 Å². The summed E-state index contributed by atoms with van der Waals surface area (Å²) in [7, 11) is 0. The van der Waals surface area contributed by atoms with E-state index in [4.69, 9.17) is 4.74 Å². The molecular weight excluding hydrogens is 316 g/mol. The number of hydrogen-bond acceptors (Lipinski definition) is 4. The molecule has 4 rings (SSSR count). The minimum atomic E-state index is -0.110. The fraction of sp³-hybridized carbons (Fsp3) is 0.211. The van der Waals surface area contributed by atoms with Crippen LogP contribution in [0.15, 0.2) is 66.9 Å². The molecule has 25 heavy (non-hydrogen) atoms. The molecule has 0 spiro atoms. The van der Waals surface area contributed by atoms with E-state index in [1.54, 1.807) is 15.8 Å². The molecule has 126 valence electrons. The largest absolute Gasteiger partial charge is 0.489 e. The number of para-hydroxylation sites is 2. The van der Waals surface area contributed by atoms with Crippen LogP contribution in [0, 0.1) is 0 Å². The Morgan fingerprint density at radius 2 is 1.76 bits per heavy atom. The third-order valence-electron chi connectivity index (χ3n) is 4.21. The number of rotatable bonds is 4. The van der Waals surface area contributed by atoms with Crippen molar-refractivity contribution >= 4 is 5.91 Å². The Labute approximate surface area is 145 Å². The summed E-state index contributed by atoms with van der Waals surface area (Å²) in [6.07, 6.45) is 2.49. The van der Waals surface area contributed by atoms with E-state index in [2.05, 4.69) is 10.3 Å². The van der Waals surface area contributed by atoms with E-state index in [1.165, 1.54) is 0 Å². The summed E-state index contributed by atoms with van der Waals surface area (Å²) in [5.74, 6) is 0.721. The number of aromatic nitrogens is 3. The van der Waals surface area contributed by atoms with Gasteiger partial charge in [0.1, 0.15) is 11.9 Å². The number of hydrogen-bond donors (Lipinski definition) is 0. The second-order valence-corrected chi connectivity index (χ2v) is 5.98. The van der Waals surface area contributed by atoms with Gasteiger partial charge in [-0.1, -0.05) is 41.6 Å². The van der Waals surface area contributed by atoms with Crippen LogP contribution in [0.2, 0.25) is 0 Å². The van der Waals surface area contributed by atoms with Crippen molar-refractivity contribution in [3.8, 4) is 11.4 Å². The van der Waals surface area contributed by atoms with E-state index >= 15 is 0 Å². The molecule has 2 heterocycles. The van der Waals surface area contributed by atoms with E-state index in [1.807, 2.05) is 60.7 Å². The minimum Gasteiger partial charge on any atom is -0.489 e. The van der Waals surface area contributed by atoms with Gasteiger partial charge in [-0.15, -0.1) is 5.10 Å². The zero-order valence-corrected chi connectivity index (χ0v) is 13.7. The molecule has 3 aromatic rings. The summed E-state index contributed by atoms with van der Waals surface area (Å²) < 4.78 is 7.54. The van der Waals surface area contributed by atoms with E-state index < -0.39 is 0 Å². The monoisotopic (exact) mass is 334 g/mol. The quantitative estimate of drug-likeness (QED) is 0.736. The predicted molar refractivity (Wildman–Crippen MR) is 92.7 cm³/mol. The van der Waals surface area contributed by atoms with E-state index in [-0.39, 0.29) is 12.0 Å². The molecule has 1 fully saturated rings. The van der Waals surface area contributed by atoms with Gasteiger partial charge in [-0.25, -0.2) is 4.68 Å². The van der Waals surface area contributed by atoms with Crippen LogP contribution in [0.3, 0.4) is 0 Å². The molecular formula is C19H18N4O2. The van der Waals surface area contributed by atoms with Crippen LogP contribution in [-0.4, -0.2) is 45.0 Å². The first-order valence-electron chi connectivity index (χ1n) is 8.28. The van der Waals surface area contributed by atoms with Gasteiger partial charge >= 0.3 is 0 Å². The molecule has 2 aromatic carbocycles. The Balaban J connectivity index is 1.41. The maximum Gasteiger partial charge on any atom is 0.276 e. The highest BCUT2D eigenvalue weighted by Crippen LogP contribution is 2.19. The Bertz CT molecular complexity index is 848. The zero-order valence-electron chi connectivity index (χ0n) is 13.7. The third kappa shape index (κ3) is 3.38. The fourth-order valence-electron chi connectivity index (χ4n) is 2.93. The molecule has 1 unspecified atom stereocenters. The predicted octanol–water partition coefficient (Wildman–Crippen LogP) is 2.56. The van der Waals surface area contributed by atoms with Crippen molar-refractivity contribution in [2.24, 2.45) is 0 Å². The van der Waals surface area contributed by atoms with Crippen molar-refractivity contribution < 1.29 is 9.53 Å². The summed E-state index contributed by atoms with van der Waals surface area (Å²) in [6, 6.07) is 19.3. The topological polar surface area (TPSA) is 60.2 Å². The first-order chi connectivity index (χ1) is 12.3. The summed E-state index contributed by atoms with van der Waals surface area (Å²) in [4.78, 5) is 14.4. The molecule has 0 bridgehead atoms. The minimum absolute atomic E-state index is 0.00974. The molecule has 1 aliphatic heterocycles. The van der Waals surface area contributed by atoms with Gasteiger partial charge < -0.3 is 9.64 Å². The van der Waals surface area contributed by atoms with Crippen LogP contribution in [0.5, 0.6) is 5.75 Å². The number of carbonyl (C=O) groups excluding carboxylic acids is 1. The van der Waals surface area contributed by atoms with Crippen molar-refractivity contribution in [1.82, 2.24) is 19.9 Å². The van der Waals surface area contributed by atoms with E-state index in [9.17, 15) is 4.79 Å². The summed E-state index contributed by atoms with van der Waals surface area (Å²) in [5.41, 5.74) is 1.23. The van der Waals surface area contributed by atoms with Gasteiger partial charge in [0.2, 0.25) is 0 Å². The summed E-state index contributed by atoms with van der Waals surface area (Å²) >= 11 is 0. The first kappa shape index (κ1) is 15.4. The molecule has 1 amide bonds. The Morgan fingerprint density at radius 1 is 1.04 bits per heavy atom. The second-order valence-electron chi connectivity index (χ2n) is 5.98. The van der Waals surface area contributed by atoms with Crippen LogP contribution in [0.4, 0.5) is 0 Å². The maximum absolute atomic E-state index is 12.6. The Hall–Kier alpha value is -3.15. The Morgan fingerprint density at radius 3 is 2.52 bits per heavy atom. The summed E-state index contributed by atoms with van der Waals surface area (Å²) in [5, 5.41) is 8.08. The number of ether oxygens (including phenoxy) is 1. The molecule has 0 radical (unpaired) electrons. The molecule has 1 saturated heterocycles. The average molecular weight is 334 g/mol. The highest BCUT2D eigenvalue weighted by Gasteiger charge is 2.29. The zero-order chi connectivity index (χ0) is 17.1. The van der Waals surface area contributed by atoms with Gasteiger partial charge in [0, 0.05) is 13.0 Å². The van der Waals surface area contributed by atoms with Crippen molar-refractivity contribution in [2.75, 3.05) is 13.1 Å². The number of carbonyl (C=O) groups is 1. The third-order valence-corrected chi connectivity index (χ3v) is 4.21. The average Bonchev–Trinajstić information content (AvgIpc) is 3.33. The summed E-state index contributed by atoms with van der Waals surface area (Å²) in [6.45, 7) is 1.22. The lowest BCUT2D eigenvalue weighted by molar-refractivity contribution is 0.0766. The van der Waals surface area contributed by atoms with Gasteiger partial charge in [-0.05, 0) is 24.3 Å². The molecule has 1 atom stereocenters. The highest BCUT2D eigenvalue weighted by molar-refractivity contribution is 5.92. The van der Waals surface area contributed by atoms with Crippen LogP contribution >= 0.6 is 0 Å². The first-order valence-corrected chi connectivity index (χ1v) is 8.28. The number of likely N-dealkylation sites (tertiary alicyclic amines) is 1. The Kier molecular flexibility index (Phi) is 4.16. The van der Waals surface area contributed by atoms with E-state index in [0.717, 1.165) is 17.9 Å². The lowest BCUT2D eigenvalue weighted by Gasteiger charge is -2.16. The molecule has 0 N–H and O–H groups in total. The van der Waals surface area contributed by atoms with E-state index in [0.29, 0.717) is 18.8 Å². The number of amides is 1. The van der Waals surface area contributed by atoms with Crippen LogP contribution in [-0.2, 0) is 0 Å². The molecule has 0 saturated carbocycles. The molecule has 0 aliphatic carbocycles. The smallest absolute Gasteiger partial charge is 0.276 e. The van der Waals surface area contributed by atoms with Crippen molar-refractivity contribution in [1.29, 1.82) is 0 Å². The molecule has 6 heteroatoms. The van der Waals surface area contributed by atoms with Gasteiger partial charge in [0.05, 0.1) is 18.4 Å². The van der Waals surface area contributed by atoms with Crippen molar-refractivity contribution in [3.05, 3.63) is 72.6 Å². The highest BCUT2D eigenvalue weighted by atomic mass is 16.5. The fourth-order valence-corrected chi connectivity index (χ4v) is 2.93. The van der Waals surface area contributed by atoms with Crippen LogP contribution in [0.1, 0.15) is 16.9 Å². The normalized spacial score (nSPS) is 16.8. The lowest BCUT2D eigenvalue weighted by Crippen LogP contribution is -2.31. The van der Waals surface area contributed by atoms with Crippen molar-refractivity contribution in [2.45, 2.75) is 12.5 Å². The number of benzene rings is 2. The van der Waals surface area contributed by atoms with Gasteiger partial charge in [0.25, 0.3) is 5.91 Å². The van der Waals surface area contributed by atoms with Crippen LogP contribution in [0.25, 0.3) is 5.69 Å². The SMILES string of the molecule is O=C(c1cn(-c2ccccc2)nn1)N1CCC(Oc2ccccc2)C1. The van der Waals surface area contributed by atoms with Gasteiger partial charge in [-0.2, -0.15) is 0 Å². The van der Waals surface area contributed by atoms with Gasteiger partial charge in [-0.3, -0.25) is 4.79 Å². The van der Waals surface area contributed by atoms with Crippen LogP contribution < -0.4 is 4.74 Å². The van der Waals surface area contributed by atoms with Crippen molar-refractivity contribution in [3.63, 3.8) is 0 Å². The maximum atomic E-state index is 12.6. The number of nitrogens with zero attached hydrogens (tertiary/aromatic N) is 4.